The van der Waals surface area contributed by atoms with E-state index in [1.54, 1.807) is 11.4 Å². The Kier molecular flexibility index (Phi) is 7.20. The molecule has 27 heavy (non-hydrogen) atoms. The van der Waals surface area contributed by atoms with E-state index in [9.17, 15) is 22.8 Å². The Bertz CT molecular complexity index is 835. The Balaban J connectivity index is 0.00000261. The number of piperazine rings is 1. The van der Waals surface area contributed by atoms with E-state index in [2.05, 4.69) is 15.6 Å². The molecule has 1 amide bonds. The number of fused-ring (bicyclic) bond motifs is 1. The van der Waals surface area contributed by atoms with Gasteiger partial charge >= 0.3 is 6.18 Å². The van der Waals surface area contributed by atoms with Crippen molar-refractivity contribution in [1.29, 1.82) is 0 Å². The molecular formula is C15H19ClF3N5O2S. The lowest BCUT2D eigenvalue weighted by atomic mass is 10.2. The van der Waals surface area contributed by atoms with Gasteiger partial charge in [-0.15, -0.1) is 23.7 Å². The molecule has 7 nitrogen and oxygen atoms in total. The second-order valence-electron chi connectivity index (χ2n) is 5.96. The summed E-state index contributed by atoms with van der Waals surface area (Å²) in [5, 5.41) is 7.40. The van der Waals surface area contributed by atoms with Gasteiger partial charge in [0.25, 0.3) is 5.56 Å². The van der Waals surface area contributed by atoms with Crippen molar-refractivity contribution in [3.63, 3.8) is 0 Å². The lowest BCUT2D eigenvalue weighted by Gasteiger charge is -2.35. The Morgan fingerprint density at radius 1 is 1.37 bits per heavy atom. The van der Waals surface area contributed by atoms with Gasteiger partial charge in [0.2, 0.25) is 5.91 Å². The van der Waals surface area contributed by atoms with Gasteiger partial charge in [-0.25, -0.2) is 4.98 Å². The van der Waals surface area contributed by atoms with Gasteiger partial charge in [0.1, 0.15) is 17.4 Å². The second-order valence-corrected chi connectivity index (χ2v) is 6.86. The third kappa shape index (κ3) is 5.18. The first kappa shape index (κ1) is 21.6. The molecule has 1 aliphatic heterocycles. The van der Waals surface area contributed by atoms with E-state index in [1.165, 1.54) is 22.6 Å². The van der Waals surface area contributed by atoms with Crippen LogP contribution in [-0.4, -0.2) is 65.3 Å². The van der Waals surface area contributed by atoms with Crippen LogP contribution in [0, 0.1) is 0 Å². The van der Waals surface area contributed by atoms with E-state index >= 15 is 0 Å². The SMILES string of the molecule is Cl.O=C(Cn1cnc2sccc2c1=O)NCC(N1CCNCC1)C(F)(F)F. The van der Waals surface area contributed by atoms with Gasteiger partial charge in [-0.05, 0) is 11.4 Å². The zero-order valence-electron chi connectivity index (χ0n) is 14.2. The van der Waals surface area contributed by atoms with Crippen molar-refractivity contribution in [2.24, 2.45) is 0 Å². The molecule has 2 N–H and O–H groups in total. The van der Waals surface area contributed by atoms with Crippen LogP contribution in [0.25, 0.3) is 10.2 Å². The largest absolute Gasteiger partial charge is 0.405 e. The highest BCUT2D eigenvalue weighted by molar-refractivity contribution is 7.16. The Morgan fingerprint density at radius 2 is 2.07 bits per heavy atom. The average Bonchev–Trinajstić information content (AvgIpc) is 3.07. The highest BCUT2D eigenvalue weighted by atomic mass is 35.5. The van der Waals surface area contributed by atoms with Crippen LogP contribution in [0.2, 0.25) is 0 Å². The number of nitrogens with zero attached hydrogens (tertiary/aromatic N) is 3. The molecule has 2 aromatic heterocycles. The summed E-state index contributed by atoms with van der Waals surface area (Å²) in [7, 11) is 0. The minimum atomic E-state index is -4.45. The molecule has 1 fully saturated rings. The monoisotopic (exact) mass is 425 g/mol. The molecule has 12 heteroatoms. The molecule has 0 aromatic carbocycles. The maximum atomic E-state index is 13.3. The Morgan fingerprint density at radius 3 is 2.74 bits per heavy atom. The molecule has 0 aliphatic carbocycles. The van der Waals surface area contributed by atoms with Crippen LogP contribution < -0.4 is 16.2 Å². The molecule has 1 atom stereocenters. The zero-order valence-corrected chi connectivity index (χ0v) is 15.8. The number of hydrogen-bond acceptors (Lipinski definition) is 6. The van der Waals surface area contributed by atoms with Crippen molar-refractivity contribution in [2.45, 2.75) is 18.8 Å². The summed E-state index contributed by atoms with van der Waals surface area (Å²) in [4.78, 5) is 30.2. The first-order chi connectivity index (χ1) is 12.4. The van der Waals surface area contributed by atoms with Gasteiger partial charge < -0.3 is 10.6 Å². The molecule has 0 radical (unpaired) electrons. The van der Waals surface area contributed by atoms with E-state index in [0.717, 1.165) is 4.57 Å². The molecule has 1 saturated heterocycles. The number of rotatable bonds is 5. The molecule has 0 saturated carbocycles. The predicted molar refractivity (Wildman–Crippen MR) is 98.4 cm³/mol. The molecule has 3 rings (SSSR count). The molecule has 3 heterocycles. The van der Waals surface area contributed by atoms with Crippen molar-refractivity contribution in [2.75, 3.05) is 32.7 Å². The van der Waals surface area contributed by atoms with Gasteiger partial charge in [-0.1, -0.05) is 0 Å². The summed E-state index contributed by atoms with van der Waals surface area (Å²) in [5.41, 5.74) is -0.388. The van der Waals surface area contributed by atoms with Gasteiger partial charge in [0, 0.05) is 32.7 Å². The first-order valence-electron chi connectivity index (χ1n) is 8.07. The number of halogens is 4. The van der Waals surface area contributed by atoms with E-state index in [-0.39, 0.29) is 37.6 Å². The highest BCUT2D eigenvalue weighted by Crippen LogP contribution is 2.24. The molecule has 1 unspecified atom stereocenters. The van der Waals surface area contributed by atoms with Crippen LogP contribution in [0.15, 0.2) is 22.6 Å². The van der Waals surface area contributed by atoms with Gasteiger partial charge in [0.05, 0.1) is 11.7 Å². The van der Waals surface area contributed by atoms with Crippen molar-refractivity contribution < 1.29 is 18.0 Å². The number of thiophene rings is 1. The molecular weight excluding hydrogens is 407 g/mol. The lowest BCUT2D eigenvalue weighted by Crippen LogP contribution is -2.57. The summed E-state index contributed by atoms with van der Waals surface area (Å²) in [6, 6.07) is -0.142. The van der Waals surface area contributed by atoms with Crippen molar-refractivity contribution in [3.05, 3.63) is 28.1 Å². The fourth-order valence-corrected chi connectivity index (χ4v) is 3.60. The fraction of sp³-hybridized carbons (Fsp3) is 0.533. The maximum absolute atomic E-state index is 13.3. The normalized spacial score (nSPS) is 16.7. The minimum absolute atomic E-state index is 0. The third-order valence-corrected chi connectivity index (χ3v) is 5.05. The number of alkyl halides is 3. The number of hydrogen-bond donors (Lipinski definition) is 2. The summed E-state index contributed by atoms with van der Waals surface area (Å²) in [6.45, 7) is 0.552. The summed E-state index contributed by atoms with van der Waals surface area (Å²) in [5.74, 6) is -0.659. The molecule has 0 spiro atoms. The van der Waals surface area contributed by atoms with Gasteiger partial charge in [-0.3, -0.25) is 19.1 Å². The van der Waals surface area contributed by atoms with Crippen molar-refractivity contribution in [3.8, 4) is 0 Å². The topological polar surface area (TPSA) is 79.3 Å². The Labute approximate surface area is 163 Å². The molecule has 0 bridgehead atoms. The number of carbonyl (C=O) groups is 1. The fourth-order valence-electron chi connectivity index (χ4n) is 2.87. The minimum Gasteiger partial charge on any atom is -0.353 e. The van der Waals surface area contributed by atoms with Crippen LogP contribution in [0.3, 0.4) is 0 Å². The summed E-state index contributed by atoms with van der Waals surface area (Å²) >= 11 is 1.30. The van der Waals surface area contributed by atoms with Crippen LogP contribution in [-0.2, 0) is 11.3 Å². The van der Waals surface area contributed by atoms with Crippen molar-refractivity contribution in [1.82, 2.24) is 25.1 Å². The van der Waals surface area contributed by atoms with Crippen LogP contribution in [0.5, 0.6) is 0 Å². The smallest absolute Gasteiger partial charge is 0.353 e. The standard InChI is InChI=1S/C15H18F3N5O2S.ClH/c16-15(17,18)11(22-4-2-19-3-5-22)7-20-12(24)8-23-9-21-13-10(14(23)25)1-6-26-13;/h1,6,9,11,19H,2-5,7-8H2,(H,20,24);1H. The maximum Gasteiger partial charge on any atom is 0.405 e. The molecule has 2 aromatic rings. The lowest BCUT2D eigenvalue weighted by molar-refractivity contribution is -0.184. The Hall–Kier alpha value is -1.69. The van der Waals surface area contributed by atoms with Crippen molar-refractivity contribution >= 4 is 39.9 Å². The molecule has 1 aliphatic rings. The van der Waals surface area contributed by atoms with Crippen LogP contribution >= 0.6 is 23.7 Å². The van der Waals surface area contributed by atoms with E-state index in [4.69, 9.17) is 0 Å². The third-order valence-electron chi connectivity index (χ3n) is 4.23. The van der Waals surface area contributed by atoms with Gasteiger partial charge in [0.15, 0.2) is 0 Å². The zero-order chi connectivity index (χ0) is 18.7. The van der Waals surface area contributed by atoms with Crippen LogP contribution in [0.4, 0.5) is 13.2 Å². The van der Waals surface area contributed by atoms with Gasteiger partial charge in [-0.2, -0.15) is 13.2 Å². The molecule has 150 valence electrons. The summed E-state index contributed by atoms with van der Waals surface area (Å²) < 4.78 is 41.0. The first-order valence-corrected chi connectivity index (χ1v) is 8.95. The number of amides is 1. The highest BCUT2D eigenvalue weighted by Gasteiger charge is 2.43. The van der Waals surface area contributed by atoms with Crippen LogP contribution in [0.1, 0.15) is 0 Å². The number of aromatic nitrogens is 2. The van der Waals surface area contributed by atoms with E-state index in [0.29, 0.717) is 23.3 Å². The number of carbonyl (C=O) groups excluding carboxylic acids is 1. The second kappa shape index (κ2) is 9.00. The summed E-state index contributed by atoms with van der Waals surface area (Å²) in [6.07, 6.45) is -3.21. The predicted octanol–water partition coefficient (Wildman–Crippen LogP) is 0.832. The van der Waals surface area contributed by atoms with E-state index in [1.807, 2.05) is 0 Å². The number of nitrogens with one attached hydrogen (secondary N) is 2. The van der Waals surface area contributed by atoms with E-state index < -0.39 is 24.7 Å². The average molecular weight is 426 g/mol. The quantitative estimate of drug-likeness (QED) is 0.742.